The first kappa shape index (κ1) is 45.4. The Labute approximate surface area is 430 Å². The third kappa shape index (κ3) is 6.91. The molecule has 0 spiro atoms. The van der Waals surface area contributed by atoms with Crippen LogP contribution in [0, 0.1) is 0 Å². The SMILES string of the molecule is COc1ccc2c(c1-c1cccc3ccccc13)C1=C(CCc3ccc4c(c31)C(=O)C=C(C)C4=O)CC2.COc1ccc2c(c1-c1cccc3ccccc13)C1=C(CCc3ccc4c(c31)C(=O)C=C(C)C4=O)CC2. The van der Waals surface area contributed by atoms with Crippen LogP contribution in [0.4, 0.5) is 0 Å². The molecule has 0 saturated carbocycles. The van der Waals surface area contributed by atoms with E-state index in [1.807, 2.05) is 12.1 Å². The van der Waals surface area contributed by atoms with Crippen LogP contribution >= 0.6 is 0 Å². The Morgan fingerprint density at radius 3 is 1.08 bits per heavy atom. The minimum Gasteiger partial charge on any atom is -0.496 e. The summed E-state index contributed by atoms with van der Waals surface area (Å²) in [6.07, 6.45) is 10.5. The van der Waals surface area contributed by atoms with Crippen molar-refractivity contribution in [3.05, 3.63) is 235 Å². The summed E-state index contributed by atoms with van der Waals surface area (Å²) in [4.78, 5) is 53.2. The van der Waals surface area contributed by atoms with E-state index in [2.05, 4.69) is 121 Å². The van der Waals surface area contributed by atoms with Gasteiger partial charge in [0.1, 0.15) is 11.5 Å². The van der Waals surface area contributed by atoms with Gasteiger partial charge in [0.2, 0.25) is 0 Å². The van der Waals surface area contributed by atoms with Crippen LogP contribution in [0.15, 0.2) is 168 Å². The lowest BCUT2D eigenvalue weighted by atomic mass is 9.70. The maximum atomic E-state index is 13.5. The van der Waals surface area contributed by atoms with E-state index in [0.717, 1.165) is 130 Å². The Hall–Kier alpha value is -8.48. The standard InChI is InChI=1S/2C34H26O3/c2*1-19-18-27(35)32-26(34(19)36)16-14-22-12-10-21-11-13-23-15-17-28(37-2)33(31(23)29(21)30(22)32)25-9-5-7-20-6-3-4-8-24(20)25/h2*3-9,14-18H,10-13H2,1-2H3. The van der Waals surface area contributed by atoms with Gasteiger partial charge in [-0.3, -0.25) is 19.2 Å². The molecule has 74 heavy (non-hydrogen) atoms. The van der Waals surface area contributed by atoms with Crippen LogP contribution in [0.1, 0.15) is 125 Å². The number of hydrogen-bond acceptors (Lipinski definition) is 6. The molecule has 0 aliphatic heterocycles. The number of methoxy groups -OCH3 is 2. The maximum absolute atomic E-state index is 13.5. The van der Waals surface area contributed by atoms with E-state index in [1.54, 1.807) is 28.1 Å². The van der Waals surface area contributed by atoms with Gasteiger partial charge >= 0.3 is 0 Å². The fourth-order valence-corrected chi connectivity index (χ4v) is 13.1. The molecule has 8 aromatic rings. The van der Waals surface area contributed by atoms with Gasteiger partial charge in [0.05, 0.1) is 14.2 Å². The Bertz CT molecular complexity index is 3740. The molecule has 0 unspecified atom stereocenters. The molecule has 6 aliphatic rings. The fraction of sp³-hybridized carbons (Fsp3) is 0.176. The number of carbonyl (C=O) groups is 4. The van der Waals surface area contributed by atoms with Gasteiger partial charge < -0.3 is 9.47 Å². The quantitative estimate of drug-likeness (QED) is 0.175. The molecule has 6 nitrogen and oxygen atoms in total. The van der Waals surface area contributed by atoms with Gasteiger partial charge in [-0.15, -0.1) is 0 Å². The highest BCUT2D eigenvalue weighted by Crippen LogP contribution is 2.54. The molecular formula is C68H52O6. The first-order valence-corrected chi connectivity index (χ1v) is 25.8. The topological polar surface area (TPSA) is 86.7 Å². The molecule has 6 heteroatoms. The van der Waals surface area contributed by atoms with E-state index in [4.69, 9.17) is 9.47 Å². The van der Waals surface area contributed by atoms with Gasteiger partial charge in [0.25, 0.3) is 0 Å². The van der Waals surface area contributed by atoms with Crippen molar-refractivity contribution in [2.45, 2.75) is 65.2 Å². The van der Waals surface area contributed by atoms with Crippen molar-refractivity contribution in [2.24, 2.45) is 0 Å². The number of hydrogen-bond donors (Lipinski definition) is 0. The molecular weight excluding hydrogens is 913 g/mol. The van der Waals surface area contributed by atoms with Crippen LogP contribution in [-0.2, 0) is 25.7 Å². The summed E-state index contributed by atoms with van der Waals surface area (Å²) in [5.74, 6) is 1.39. The number of aryl methyl sites for hydroxylation is 4. The summed E-state index contributed by atoms with van der Waals surface area (Å²) in [5.41, 5.74) is 21.6. The molecule has 0 aromatic heterocycles. The van der Waals surface area contributed by atoms with Crippen LogP contribution in [-0.4, -0.2) is 37.4 Å². The predicted molar refractivity (Wildman–Crippen MR) is 295 cm³/mol. The Balaban J connectivity index is 0.000000143. The third-order valence-corrected chi connectivity index (χ3v) is 16.5. The molecule has 14 rings (SSSR count). The molecule has 0 fully saturated rings. The summed E-state index contributed by atoms with van der Waals surface area (Å²) in [7, 11) is 3.45. The summed E-state index contributed by atoms with van der Waals surface area (Å²) in [6, 6.07) is 46.0. The first-order valence-electron chi connectivity index (χ1n) is 25.8. The maximum Gasteiger partial charge on any atom is 0.189 e. The Morgan fingerprint density at radius 1 is 0.338 bits per heavy atom. The Morgan fingerprint density at radius 2 is 0.689 bits per heavy atom. The molecule has 360 valence electrons. The van der Waals surface area contributed by atoms with Crippen molar-refractivity contribution >= 4 is 55.8 Å². The predicted octanol–water partition coefficient (Wildman–Crippen LogP) is 15.1. The number of ketones is 4. The monoisotopic (exact) mass is 964 g/mol. The zero-order valence-corrected chi connectivity index (χ0v) is 42.0. The van der Waals surface area contributed by atoms with Crippen LogP contribution in [0.25, 0.3) is 54.9 Å². The average molecular weight is 965 g/mol. The molecule has 0 saturated heterocycles. The first-order chi connectivity index (χ1) is 36.1. The van der Waals surface area contributed by atoms with E-state index in [1.165, 1.54) is 56.0 Å². The van der Waals surface area contributed by atoms with Gasteiger partial charge in [-0.25, -0.2) is 0 Å². The van der Waals surface area contributed by atoms with Crippen LogP contribution in [0.3, 0.4) is 0 Å². The van der Waals surface area contributed by atoms with E-state index < -0.39 is 0 Å². The largest absolute Gasteiger partial charge is 0.496 e. The van der Waals surface area contributed by atoms with Gasteiger partial charge in [-0.05, 0) is 190 Å². The van der Waals surface area contributed by atoms with E-state index in [0.29, 0.717) is 33.4 Å². The lowest BCUT2D eigenvalue weighted by Gasteiger charge is -2.34. The average Bonchev–Trinajstić information content (AvgIpc) is 3.45. The molecule has 6 aliphatic carbocycles. The number of fused-ring (bicyclic) bond motifs is 14. The molecule has 0 amide bonds. The summed E-state index contributed by atoms with van der Waals surface area (Å²) < 4.78 is 12.0. The van der Waals surface area contributed by atoms with Crippen molar-refractivity contribution in [3.63, 3.8) is 0 Å². The van der Waals surface area contributed by atoms with Gasteiger partial charge in [-0.2, -0.15) is 0 Å². The molecule has 0 atom stereocenters. The van der Waals surface area contributed by atoms with E-state index in [-0.39, 0.29) is 23.1 Å². The smallest absolute Gasteiger partial charge is 0.189 e. The number of carbonyl (C=O) groups excluding carboxylic acids is 4. The van der Waals surface area contributed by atoms with Crippen LogP contribution < -0.4 is 9.47 Å². The lowest BCUT2D eigenvalue weighted by molar-refractivity contribution is 0.0984. The molecule has 0 N–H and O–H groups in total. The van der Waals surface area contributed by atoms with Crippen molar-refractivity contribution in [3.8, 4) is 33.8 Å². The highest BCUT2D eigenvalue weighted by atomic mass is 16.5. The molecule has 0 bridgehead atoms. The second kappa shape index (κ2) is 17.6. The number of ether oxygens (including phenoxy) is 2. The second-order valence-corrected chi connectivity index (χ2v) is 20.5. The summed E-state index contributed by atoms with van der Waals surface area (Å²) in [6.45, 7) is 3.46. The van der Waals surface area contributed by atoms with Crippen molar-refractivity contribution in [1.29, 1.82) is 0 Å². The highest BCUT2D eigenvalue weighted by Gasteiger charge is 2.38. The normalized spacial score (nSPS) is 16.1. The van der Waals surface area contributed by atoms with Crippen LogP contribution in [0.5, 0.6) is 11.5 Å². The summed E-state index contributed by atoms with van der Waals surface area (Å²) >= 11 is 0. The lowest BCUT2D eigenvalue weighted by Crippen LogP contribution is -2.22. The second-order valence-electron chi connectivity index (χ2n) is 20.5. The zero-order valence-electron chi connectivity index (χ0n) is 42.0. The van der Waals surface area contributed by atoms with Gasteiger partial charge in [-0.1, -0.05) is 120 Å². The highest BCUT2D eigenvalue weighted by molar-refractivity contribution is 6.28. The molecule has 8 aromatic carbocycles. The minimum absolute atomic E-state index is 0.0546. The van der Waals surface area contributed by atoms with Crippen molar-refractivity contribution in [1.82, 2.24) is 0 Å². The molecule has 0 heterocycles. The number of rotatable bonds is 4. The van der Waals surface area contributed by atoms with E-state index >= 15 is 0 Å². The van der Waals surface area contributed by atoms with Crippen molar-refractivity contribution < 1.29 is 28.7 Å². The van der Waals surface area contributed by atoms with Gasteiger partial charge in [0, 0.05) is 44.5 Å². The third-order valence-electron chi connectivity index (χ3n) is 16.5. The number of Topliss-reactive ketones (excluding diaryl/α,β-unsaturated/α-hetero) is 2. The van der Waals surface area contributed by atoms with Crippen molar-refractivity contribution in [2.75, 3.05) is 14.2 Å². The number of benzene rings is 8. The fourth-order valence-electron chi connectivity index (χ4n) is 13.1. The zero-order chi connectivity index (χ0) is 50.5. The Kier molecular flexibility index (Phi) is 10.8. The molecule has 0 radical (unpaired) electrons. The number of allylic oxidation sites excluding steroid dienone is 6. The van der Waals surface area contributed by atoms with Gasteiger partial charge in [0.15, 0.2) is 23.1 Å². The van der Waals surface area contributed by atoms with E-state index in [9.17, 15) is 19.2 Å². The minimum atomic E-state index is -0.0700. The van der Waals surface area contributed by atoms with Crippen LogP contribution in [0.2, 0.25) is 0 Å². The summed E-state index contributed by atoms with van der Waals surface area (Å²) in [5, 5.41) is 4.68.